The van der Waals surface area contributed by atoms with Crippen molar-refractivity contribution in [3.8, 4) is 0 Å². The van der Waals surface area contributed by atoms with Gasteiger partial charge in [-0.2, -0.15) is 0 Å². The van der Waals surface area contributed by atoms with Crippen LogP contribution in [0, 0.1) is 0 Å². The molecule has 0 atom stereocenters. The highest BCUT2D eigenvalue weighted by atomic mass is 28.2. The van der Waals surface area contributed by atoms with E-state index < -0.39 is 0 Å². The van der Waals surface area contributed by atoms with Gasteiger partial charge in [-0.05, 0) is 5.04 Å². The third-order valence-electron chi connectivity index (χ3n) is 3.33. The number of rotatable bonds is 0. The van der Waals surface area contributed by atoms with Gasteiger partial charge in [0.1, 0.15) is 0 Å². The first-order chi connectivity index (χ1) is 4.41. The summed E-state index contributed by atoms with van der Waals surface area (Å²) in [7, 11) is 0.413. The van der Waals surface area contributed by atoms with Gasteiger partial charge >= 0.3 is 0 Å². The summed E-state index contributed by atoms with van der Waals surface area (Å²) in [6, 6.07) is 1.67. The van der Waals surface area contributed by atoms with Crippen molar-refractivity contribution in [2.24, 2.45) is 0 Å². The van der Waals surface area contributed by atoms with Crippen molar-refractivity contribution < 1.29 is 0 Å². The fraction of sp³-hybridized carbons (Fsp3) is 1.00. The lowest BCUT2D eigenvalue weighted by molar-refractivity contribution is 0.550. The molecule has 0 aromatic heterocycles. The number of hydrogen-bond acceptors (Lipinski definition) is 0. The van der Waals surface area contributed by atoms with Crippen molar-refractivity contribution in [1.29, 1.82) is 0 Å². The minimum atomic E-state index is 0.413. The second kappa shape index (κ2) is 2.12. The lowest BCUT2D eigenvalue weighted by Gasteiger charge is -2.20. The molecule has 0 radical (unpaired) electrons. The Morgan fingerprint density at radius 3 is 2.11 bits per heavy atom. The van der Waals surface area contributed by atoms with Crippen LogP contribution >= 0.6 is 0 Å². The highest BCUT2D eigenvalue weighted by Gasteiger charge is 2.36. The van der Waals surface area contributed by atoms with Crippen molar-refractivity contribution in [2.75, 3.05) is 0 Å². The molecule has 0 amide bonds. The smallest absolute Gasteiger partial charge is 0.0270 e. The van der Waals surface area contributed by atoms with Gasteiger partial charge in [-0.25, -0.2) is 0 Å². The Balaban J connectivity index is 2.04. The SMILES string of the molecule is C1CCC2(C1)CCC[SiH2]2. The Kier molecular flexibility index (Phi) is 1.40. The maximum atomic E-state index is 1.67. The van der Waals surface area contributed by atoms with Crippen molar-refractivity contribution >= 4 is 9.52 Å². The van der Waals surface area contributed by atoms with Gasteiger partial charge in [-0.15, -0.1) is 0 Å². The third-order valence-corrected chi connectivity index (χ3v) is 6.30. The Hall–Kier alpha value is 0.217. The van der Waals surface area contributed by atoms with E-state index in [4.69, 9.17) is 0 Å². The van der Waals surface area contributed by atoms with Gasteiger partial charge in [0, 0.05) is 9.52 Å². The highest BCUT2D eigenvalue weighted by Crippen LogP contribution is 2.52. The summed E-state index contributed by atoms with van der Waals surface area (Å²) in [5.74, 6) is 0. The molecule has 1 saturated heterocycles. The van der Waals surface area contributed by atoms with E-state index in [1.54, 1.807) is 44.6 Å². The highest BCUT2D eigenvalue weighted by molar-refractivity contribution is 6.41. The van der Waals surface area contributed by atoms with Crippen LogP contribution in [-0.2, 0) is 0 Å². The zero-order valence-electron chi connectivity index (χ0n) is 6.16. The molecular weight excluding hydrogens is 124 g/mol. The lowest BCUT2D eigenvalue weighted by atomic mass is 10.0. The maximum Gasteiger partial charge on any atom is 0.0270 e. The van der Waals surface area contributed by atoms with Crippen molar-refractivity contribution in [2.45, 2.75) is 49.6 Å². The van der Waals surface area contributed by atoms with Gasteiger partial charge in [-0.1, -0.05) is 44.6 Å². The molecule has 52 valence electrons. The fourth-order valence-electron chi connectivity index (χ4n) is 2.75. The second-order valence-electron chi connectivity index (χ2n) is 3.91. The van der Waals surface area contributed by atoms with Gasteiger partial charge in [-0.3, -0.25) is 0 Å². The average Bonchev–Trinajstić information content (AvgIpc) is 2.45. The van der Waals surface area contributed by atoms with Crippen molar-refractivity contribution in [1.82, 2.24) is 0 Å². The summed E-state index contributed by atoms with van der Waals surface area (Å²) in [4.78, 5) is 0. The molecular formula is C8H16Si. The van der Waals surface area contributed by atoms with E-state index in [0.717, 1.165) is 5.04 Å². The zero-order chi connectivity index (χ0) is 6.16. The summed E-state index contributed by atoms with van der Waals surface area (Å²) < 4.78 is 0. The van der Waals surface area contributed by atoms with E-state index in [1.165, 1.54) is 0 Å². The van der Waals surface area contributed by atoms with Crippen LogP contribution in [0.5, 0.6) is 0 Å². The van der Waals surface area contributed by atoms with Gasteiger partial charge in [0.15, 0.2) is 0 Å². The average molecular weight is 140 g/mol. The molecule has 0 nitrogen and oxygen atoms in total. The lowest BCUT2D eigenvalue weighted by Crippen LogP contribution is -2.08. The summed E-state index contributed by atoms with van der Waals surface area (Å²) >= 11 is 0. The normalized spacial score (nSPS) is 34.7. The van der Waals surface area contributed by atoms with Gasteiger partial charge in [0.05, 0.1) is 0 Å². The molecule has 2 fully saturated rings. The molecule has 2 aliphatic rings. The summed E-state index contributed by atoms with van der Waals surface area (Å²) in [5, 5.41) is 1.03. The van der Waals surface area contributed by atoms with E-state index in [2.05, 4.69) is 0 Å². The van der Waals surface area contributed by atoms with Crippen LogP contribution in [0.2, 0.25) is 11.1 Å². The van der Waals surface area contributed by atoms with Gasteiger partial charge in [0.25, 0.3) is 0 Å². The maximum absolute atomic E-state index is 1.67. The number of hydrogen-bond donors (Lipinski definition) is 0. The quantitative estimate of drug-likeness (QED) is 0.452. The molecule has 0 aromatic rings. The summed E-state index contributed by atoms with van der Waals surface area (Å²) in [5.41, 5.74) is 0. The first-order valence-corrected chi connectivity index (χ1v) is 6.12. The van der Waals surface area contributed by atoms with E-state index in [-0.39, 0.29) is 0 Å². The Labute approximate surface area is 59.9 Å². The molecule has 1 aliphatic carbocycles. The van der Waals surface area contributed by atoms with Crippen LogP contribution in [-0.4, -0.2) is 9.52 Å². The molecule has 0 N–H and O–H groups in total. The minimum absolute atomic E-state index is 0.413. The van der Waals surface area contributed by atoms with E-state index >= 15 is 0 Å². The second-order valence-corrected chi connectivity index (χ2v) is 6.62. The van der Waals surface area contributed by atoms with Gasteiger partial charge in [0.2, 0.25) is 0 Å². The van der Waals surface area contributed by atoms with E-state index in [9.17, 15) is 0 Å². The summed E-state index contributed by atoms with van der Waals surface area (Å²) in [6.45, 7) is 0. The molecule has 1 heterocycles. The van der Waals surface area contributed by atoms with Crippen molar-refractivity contribution in [3.05, 3.63) is 0 Å². The topological polar surface area (TPSA) is 0 Å². The first-order valence-electron chi connectivity index (χ1n) is 4.41. The molecule has 1 saturated carbocycles. The van der Waals surface area contributed by atoms with Crippen LogP contribution < -0.4 is 0 Å². The molecule has 0 bridgehead atoms. The molecule has 1 aliphatic heterocycles. The predicted octanol–water partition coefficient (Wildman–Crippen LogP) is 2.10. The Bertz CT molecular complexity index is 79.6. The van der Waals surface area contributed by atoms with Crippen LogP contribution in [0.25, 0.3) is 0 Å². The molecule has 1 heteroatoms. The van der Waals surface area contributed by atoms with Crippen LogP contribution in [0.15, 0.2) is 0 Å². The monoisotopic (exact) mass is 140 g/mol. The Morgan fingerprint density at radius 2 is 1.56 bits per heavy atom. The molecule has 0 unspecified atom stereocenters. The minimum Gasteiger partial charge on any atom is -0.0623 e. The first kappa shape index (κ1) is 5.96. The third kappa shape index (κ3) is 0.957. The Morgan fingerprint density at radius 1 is 0.889 bits per heavy atom. The zero-order valence-corrected chi connectivity index (χ0v) is 7.57. The van der Waals surface area contributed by atoms with E-state index in [1.807, 2.05) is 0 Å². The van der Waals surface area contributed by atoms with Crippen molar-refractivity contribution in [3.63, 3.8) is 0 Å². The molecule has 9 heavy (non-hydrogen) atoms. The predicted molar refractivity (Wildman–Crippen MR) is 43.7 cm³/mol. The van der Waals surface area contributed by atoms with Crippen LogP contribution in [0.1, 0.15) is 38.5 Å². The largest absolute Gasteiger partial charge is 0.0623 e. The standard InChI is InChI=1S/C8H16Si/c1-2-5-8(4-1)6-3-7-9-8/h1-7,9H2. The summed E-state index contributed by atoms with van der Waals surface area (Å²) in [6.07, 6.45) is 9.59. The molecule has 2 rings (SSSR count). The fourth-order valence-corrected chi connectivity index (χ4v) is 5.50. The molecule has 0 aromatic carbocycles. The molecule has 1 spiro atoms. The van der Waals surface area contributed by atoms with Crippen LogP contribution in [0.3, 0.4) is 0 Å². The van der Waals surface area contributed by atoms with Crippen LogP contribution in [0.4, 0.5) is 0 Å². The van der Waals surface area contributed by atoms with Gasteiger partial charge < -0.3 is 0 Å². The van der Waals surface area contributed by atoms with E-state index in [0.29, 0.717) is 9.52 Å².